The number of aromatic nitrogens is 1. The molecule has 4 aromatic rings. The van der Waals surface area contributed by atoms with Crippen molar-refractivity contribution < 1.29 is 28.4 Å². The van der Waals surface area contributed by atoms with E-state index in [1.807, 2.05) is 46.2 Å². The van der Waals surface area contributed by atoms with Crippen molar-refractivity contribution in [1.29, 1.82) is 5.26 Å². The Morgan fingerprint density at radius 2 is 1.52 bits per heavy atom. The number of nitrogens with one attached hydrogen (secondary N) is 3. The van der Waals surface area contributed by atoms with Gasteiger partial charge < -0.3 is 20.4 Å². The van der Waals surface area contributed by atoms with Gasteiger partial charge in [0.05, 0.1) is 22.4 Å². The van der Waals surface area contributed by atoms with Crippen LogP contribution in [0.5, 0.6) is 0 Å². The molecular weight excluding hydrogens is 816 g/mol. The highest BCUT2D eigenvalue weighted by Gasteiger charge is 2.45. The van der Waals surface area contributed by atoms with Gasteiger partial charge in [0.15, 0.2) is 0 Å². The maximum atomic E-state index is 15.6. The van der Waals surface area contributed by atoms with E-state index >= 15 is 4.39 Å². The number of imide groups is 2. The molecule has 3 saturated heterocycles. The van der Waals surface area contributed by atoms with Gasteiger partial charge in [0.1, 0.15) is 23.7 Å². The number of piperazine rings is 1. The van der Waals surface area contributed by atoms with Gasteiger partial charge in [-0.2, -0.15) is 5.26 Å². The third-order valence-corrected chi connectivity index (χ3v) is 13.4. The van der Waals surface area contributed by atoms with E-state index in [1.165, 1.54) is 6.07 Å². The van der Waals surface area contributed by atoms with Crippen molar-refractivity contribution in [3.63, 3.8) is 0 Å². The number of fused-ring (bicyclic) bond motifs is 1. The molecule has 5 heterocycles. The first kappa shape index (κ1) is 42.4. The van der Waals surface area contributed by atoms with Crippen molar-refractivity contribution in [2.45, 2.75) is 82.1 Å². The van der Waals surface area contributed by atoms with Crippen LogP contribution in [0.1, 0.15) is 83.2 Å². The minimum absolute atomic E-state index is 0.0142. The van der Waals surface area contributed by atoms with Crippen LogP contribution in [-0.4, -0.2) is 108 Å². The molecule has 1 aromatic heterocycles. The average molecular weight is 867 g/mol. The van der Waals surface area contributed by atoms with Gasteiger partial charge in [-0.15, -0.1) is 0 Å². The molecule has 0 spiro atoms. The molecule has 1 saturated carbocycles. The van der Waals surface area contributed by atoms with Gasteiger partial charge >= 0.3 is 6.03 Å². The van der Waals surface area contributed by atoms with Gasteiger partial charge in [-0.25, -0.2) is 14.2 Å². The summed E-state index contributed by atoms with van der Waals surface area (Å²) in [5, 5.41) is 18.0. The number of carbonyl (C=O) groups excluding carboxylic acids is 5. The second kappa shape index (κ2) is 18.5. The maximum absolute atomic E-state index is 15.6. The summed E-state index contributed by atoms with van der Waals surface area (Å²) < 4.78 is 15.6. The Morgan fingerprint density at radius 1 is 0.812 bits per heavy atom. The van der Waals surface area contributed by atoms with Crippen LogP contribution >= 0.6 is 0 Å². The largest absolute Gasteiger partial charge is 0.369 e. The maximum Gasteiger partial charge on any atom is 0.322 e. The van der Waals surface area contributed by atoms with Crippen molar-refractivity contribution in [3.05, 3.63) is 113 Å². The molecule has 4 aliphatic heterocycles. The van der Waals surface area contributed by atoms with Gasteiger partial charge in [-0.3, -0.25) is 39.2 Å². The first-order valence-corrected chi connectivity index (χ1v) is 22.3. The molecule has 5 aliphatic rings. The van der Waals surface area contributed by atoms with E-state index in [0.717, 1.165) is 98.4 Å². The van der Waals surface area contributed by atoms with E-state index in [9.17, 15) is 24.0 Å². The lowest BCUT2D eigenvalue weighted by molar-refractivity contribution is -0.136. The predicted molar refractivity (Wildman–Crippen MR) is 238 cm³/mol. The third-order valence-electron chi connectivity index (χ3n) is 13.4. The second-order valence-electron chi connectivity index (χ2n) is 17.3. The fourth-order valence-corrected chi connectivity index (χ4v) is 9.95. The highest BCUT2D eigenvalue weighted by Crippen LogP contribution is 2.35. The molecule has 16 heteroatoms. The summed E-state index contributed by atoms with van der Waals surface area (Å²) in [5.41, 5.74) is 3.79. The molecule has 0 bridgehead atoms. The number of nitrogens with zero attached hydrogens (tertiary/aromatic N) is 7. The summed E-state index contributed by atoms with van der Waals surface area (Å²) in [6.45, 7) is 5.02. The van der Waals surface area contributed by atoms with Crippen molar-refractivity contribution in [3.8, 4) is 6.07 Å². The SMILES string of the molecule is N#Cc1ccc(NC2CCC(N(C(=O)NCc3ccccc3)c3ccc(N4CCN(C5CCN(c6cc7c(cc6F)C(=O)N(C6CCC(=O)NC6=O)C7=O)CC5)CC4)cc3)CC2)nc1. The van der Waals surface area contributed by atoms with Crippen LogP contribution < -0.4 is 30.7 Å². The van der Waals surface area contributed by atoms with Crippen LogP contribution in [-0.2, 0) is 16.1 Å². The molecule has 64 heavy (non-hydrogen) atoms. The Hall–Kier alpha value is -6.86. The number of halogens is 1. The van der Waals surface area contributed by atoms with Crippen LogP contribution in [0.15, 0.2) is 85.1 Å². The molecule has 6 amide bonds. The van der Waals surface area contributed by atoms with Gasteiger partial charge in [-0.1, -0.05) is 30.3 Å². The van der Waals surface area contributed by atoms with Gasteiger partial charge in [0.2, 0.25) is 11.8 Å². The first-order valence-electron chi connectivity index (χ1n) is 22.3. The number of benzene rings is 3. The quantitative estimate of drug-likeness (QED) is 0.174. The van der Waals surface area contributed by atoms with E-state index in [1.54, 1.807) is 12.3 Å². The second-order valence-corrected chi connectivity index (χ2v) is 17.3. The summed E-state index contributed by atoms with van der Waals surface area (Å²) in [6, 6.07) is 25.8. The Bertz CT molecular complexity index is 2440. The summed E-state index contributed by atoms with van der Waals surface area (Å²) in [4.78, 5) is 78.7. The number of hydrogen-bond donors (Lipinski definition) is 3. The van der Waals surface area contributed by atoms with Crippen LogP contribution in [0.25, 0.3) is 0 Å². The van der Waals surface area contributed by atoms with Gasteiger partial charge in [-0.05, 0) is 99.0 Å². The normalized spacial score (nSPS) is 21.9. The lowest BCUT2D eigenvalue weighted by atomic mass is 9.90. The van der Waals surface area contributed by atoms with Crippen molar-refractivity contribution in [2.24, 2.45) is 0 Å². The number of urea groups is 1. The topological polar surface area (TPSA) is 174 Å². The van der Waals surface area contributed by atoms with E-state index in [2.05, 4.69) is 61.1 Å². The zero-order valence-corrected chi connectivity index (χ0v) is 35.5. The Kier molecular flexibility index (Phi) is 12.2. The fraction of sp³-hybridized carbons (Fsp3) is 0.396. The number of hydrogen-bond acceptors (Lipinski definition) is 11. The van der Waals surface area contributed by atoms with Gasteiger partial charge in [0, 0.05) is 87.9 Å². The summed E-state index contributed by atoms with van der Waals surface area (Å²) in [6.07, 6.45) is 6.64. The van der Waals surface area contributed by atoms with Crippen LogP contribution in [0.3, 0.4) is 0 Å². The average Bonchev–Trinajstić information content (AvgIpc) is 3.56. The van der Waals surface area contributed by atoms with E-state index in [-0.39, 0.29) is 47.8 Å². The summed E-state index contributed by atoms with van der Waals surface area (Å²) >= 11 is 0. The van der Waals surface area contributed by atoms with Gasteiger partial charge in [0.25, 0.3) is 11.8 Å². The number of rotatable bonds is 10. The Morgan fingerprint density at radius 3 is 2.17 bits per heavy atom. The summed E-state index contributed by atoms with van der Waals surface area (Å²) in [7, 11) is 0. The standard InChI is InChI=1S/C48H51FN10O5/c49-40-26-38-39(47(63)59(46(38)62)41-15-17-44(60)54-45(41)61)27-42(40)57-20-18-35(19-21-57)56-24-22-55(23-25-56)34-11-13-37(14-12-34)58(48(64)52-29-31-4-2-1-3-5-31)36-9-7-33(8-10-36)53-43-16-6-32(28-50)30-51-43/h1-6,11-14,16,26-27,30,33,35-36,41H,7-10,15,17-25,29H2,(H,51,53)(H,52,64)(H,54,60,61). The number of piperidine rings is 2. The highest BCUT2D eigenvalue weighted by atomic mass is 19.1. The van der Waals surface area contributed by atoms with Crippen LogP contribution in [0, 0.1) is 17.1 Å². The molecule has 0 radical (unpaired) electrons. The number of amides is 6. The number of anilines is 4. The molecule has 1 atom stereocenters. The molecule has 1 aliphatic carbocycles. The molecule has 3 N–H and O–H groups in total. The van der Waals surface area contributed by atoms with Crippen LogP contribution in [0.4, 0.5) is 32.1 Å². The minimum atomic E-state index is -1.10. The monoisotopic (exact) mass is 866 g/mol. The number of pyridine rings is 1. The third kappa shape index (κ3) is 8.85. The lowest BCUT2D eigenvalue weighted by Gasteiger charge is -2.44. The molecule has 15 nitrogen and oxygen atoms in total. The Balaban J connectivity index is 0.794. The molecular formula is C48H51FN10O5. The fourth-order valence-electron chi connectivity index (χ4n) is 9.95. The van der Waals surface area contributed by atoms with E-state index in [0.29, 0.717) is 31.2 Å². The lowest BCUT2D eigenvalue weighted by Crippen LogP contribution is -2.54. The van der Waals surface area contributed by atoms with Crippen molar-refractivity contribution >= 4 is 52.5 Å². The molecule has 9 rings (SSSR count). The number of carbonyl (C=O) groups is 5. The molecule has 3 aromatic carbocycles. The zero-order valence-electron chi connectivity index (χ0n) is 35.5. The Labute approximate surface area is 371 Å². The van der Waals surface area contributed by atoms with Crippen molar-refractivity contribution in [2.75, 3.05) is 59.3 Å². The number of nitriles is 1. The van der Waals surface area contributed by atoms with Crippen LogP contribution in [0.2, 0.25) is 0 Å². The molecule has 330 valence electrons. The zero-order chi connectivity index (χ0) is 44.3. The minimum Gasteiger partial charge on any atom is -0.369 e. The van der Waals surface area contributed by atoms with Crippen molar-refractivity contribution in [1.82, 2.24) is 25.4 Å². The first-order chi connectivity index (χ1) is 31.1. The van der Waals surface area contributed by atoms with E-state index in [4.69, 9.17) is 5.26 Å². The molecule has 4 fully saturated rings. The van der Waals surface area contributed by atoms with E-state index < -0.39 is 35.5 Å². The molecule has 1 unspecified atom stereocenters. The smallest absolute Gasteiger partial charge is 0.322 e. The highest BCUT2D eigenvalue weighted by molar-refractivity contribution is 6.23. The summed E-state index contributed by atoms with van der Waals surface area (Å²) in [5.74, 6) is -2.36. The predicted octanol–water partition coefficient (Wildman–Crippen LogP) is 5.42.